The van der Waals surface area contributed by atoms with Crippen LogP contribution in [-0.2, 0) is 6.42 Å². The van der Waals surface area contributed by atoms with E-state index in [9.17, 15) is 4.79 Å². The number of nitrogens with zero attached hydrogens (tertiary/aromatic N) is 4. The van der Waals surface area contributed by atoms with E-state index in [2.05, 4.69) is 51.5 Å². The van der Waals surface area contributed by atoms with Crippen molar-refractivity contribution in [2.75, 3.05) is 13.6 Å². The molecule has 2 aromatic carbocycles. The van der Waals surface area contributed by atoms with Gasteiger partial charge in [-0.05, 0) is 75.3 Å². The minimum Gasteiger partial charge on any atom is -0.361 e. The predicted molar refractivity (Wildman–Crippen MR) is 131 cm³/mol. The highest BCUT2D eigenvalue weighted by atomic mass is 16.1. The Labute approximate surface area is 194 Å². The third kappa shape index (κ3) is 4.91. The van der Waals surface area contributed by atoms with Gasteiger partial charge in [0.15, 0.2) is 5.78 Å². The number of nitrogens with one attached hydrogen (secondary N) is 1. The number of hydrogen-bond donors (Lipinski definition) is 1. The Balaban J connectivity index is 1.14. The van der Waals surface area contributed by atoms with Crippen LogP contribution in [0.25, 0.3) is 16.6 Å². The van der Waals surface area contributed by atoms with E-state index in [1.165, 1.54) is 48.6 Å². The fourth-order valence-electron chi connectivity index (χ4n) is 5.17. The van der Waals surface area contributed by atoms with E-state index < -0.39 is 0 Å². The molecule has 0 atom stereocenters. The van der Waals surface area contributed by atoms with Crippen molar-refractivity contribution in [1.82, 2.24) is 24.6 Å². The van der Waals surface area contributed by atoms with Crippen molar-refractivity contribution in [3.63, 3.8) is 0 Å². The Morgan fingerprint density at radius 3 is 2.58 bits per heavy atom. The molecular weight excluding hydrogens is 410 g/mol. The van der Waals surface area contributed by atoms with Crippen LogP contribution in [0.5, 0.6) is 0 Å². The van der Waals surface area contributed by atoms with Crippen LogP contribution in [0.15, 0.2) is 67.4 Å². The second-order valence-electron chi connectivity index (χ2n) is 9.33. The summed E-state index contributed by atoms with van der Waals surface area (Å²) in [6.45, 7) is 0.503. The average molecular weight is 442 g/mol. The van der Waals surface area contributed by atoms with Crippen LogP contribution in [0.2, 0.25) is 0 Å². The fraction of sp³-hybridized carbons (Fsp3) is 0.370. The van der Waals surface area contributed by atoms with Gasteiger partial charge in [0.2, 0.25) is 0 Å². The van der Waals surface area contributed by atoms with Crippen molar-refractivity contribution in [3.8, 4) is 5.69 Å². The molecule has 0 bridgehead atoms. The molecule has 1 aliphatic rings. The smallest absolute Gasteiger partial charge is 0.176 e. The number of ketones is 1. The predicted octanol–water partition coefficient (Wildman–Crippen LogP) is 5.05. The van der Waals surface area contributed by atoms with Gasteiger partial charge in [-0.2, -0.15) is 0 Å². The maximum Gasteiger partial charge on any atom is 0.176 e. The number of H-pyrrole nitrogens is 1. The van der Waals surface area contributed by atoms with E-state index in [0.717, 1.165) is 23.6 Å². The summed E-state index contributed by atoms with van der Waals surface area (Å²) in [5, 5.41) is 9.12. The van der Waals surface area contributed by atoms with Crippen LogP contribution in [-0.4, -0.2) is 50.1 Å². The largest absolute Gasteiger partial charge is 0.361 e. The van der Waals surface area contributed by atoms with Crippen LogP contribution >= 0.6 is 0 Å². The van der Waals surface area contributed by atoms with Crippen LogP contribution in [0.3, 0.4) is 0 Å². The second-order valence-corrected chi connectivity index (χ2v) is 9.33. The molecule has 1 saturated carbocycles. The maximum atomic E-state index is 12.5. The SMILES string of the molecule is CN(CC(=O)c1ccccc1)C1CCC(CCc2c[nH]c3ccc(-n4cnnc4)cc23)CC1. The standard InChI is InChI=1S/C27H31N5O/c1-31(17-27(33)21-5-3-2-4-6-21)23-11-8-20(9-12-23)7-10-22-16-28-26-14-13-24(15-25(22)26)32-18-29-30-19-32/h2-6,13-16,18-20,23,28H,7-12,17H2,1H3. The second kappa shape index (κ2) is 9.71. The third-order valence-electron chi connectivity index (χ3n) is 7.22. The van der Waals surface area contributed by atoms with Crippen LogP contribution < -0.4 is 0 Å². The number of Topliss-reactive ketones (excluding diaryl/α,β-unsaturated/α-hetero) is 1. The Morgan fingerprint density at radius 1 is 1.06 bits per heavy atom. The molecule has 33 heavy (non-hydrogen) atoms. The zero-order valence-electron chi connectivity index (χ0n) is 19.2. The summed E-state index contributed by atoms with van der Waals surface area (Å²) in [7, 11) is 2.10. The van der Waals surface area contributed by atoms with Crippen LogP contribution in [0.1, 0.15) is 48.0 Å². The molecule has 6 heteroatoms. The number of carbonyl (C=O) groups is 1. The van der Waals surface area contributed by atoms with Gasteiger partial charge in [-0.3, -0.25) is 14.3 Å². The zero-order valence-corrected chi connectivity index (χ0v) is 19.2. The van der Waals surface area contributed by atoms with Gasteiger partial charge in [0.25, 0.3) is 0 Å². The van der Waals surface area contributed by atoms with Gasteiger partial charge < -0.3 is 4.98 Å². The van der Waals surface area contributed by atoms with Gasteiger partial charge in [0.05, 0.1) is 6.54 Å². The van der Waals surface area contributed by atoms with E-state index in [-0.39, 0.29) is 5.78 Å². The van der Waals surface area contributed by atoms with Gasteiger partial charge in [0, 0.05) is 34.4 Å². The van der Waals surface area contributed by atoms with Crippen molar-refractivity contribution < 1.29 is 4.79 Å². The molecule has 4 aromatic rings. The summed E-state index contributed by atoms with van der Waals surface area (Å²) in [4.78, 5) is 18.2. The minimum absolute atomic E-state index is 0.213. The number of rotatable bonds is 8. The molecule has 0 unspecified atom stereocenters. The number of benzene rings is 2. The van der Waals surface area contributed by atoms with E-state index in [4.69, 9.17) is 0 Å². The van der Waals surface area contributed by atoms with Crippen LogP contribution in [0.4, 0.5) is 0 Å². The molecule has 6 nitrogen and oxygen atoms in total. The number of hydrogen-bond acceptors (Lipinski definition) is 4. The van der Waals surface area contributed by atoms with Gasteiger partial charge in [-0.25, -0.2) is 0 Å². The lowest BCUT2D eigenvalue weighted by Gasteiger charge is -2.34. The highest BCUT2D eigenvalue weighted by molar-refractivity contribution is 5.97. The van der Waals surface area contributed by atoms with Crippen molar-refractivity contribution in [1.29, 1.82) is 0 Å². The first kappa shape index (κ1) is 21.6. The van der Waals surface area contributed by atoms with Gasteiger partial charge in [0.1, 0.15) is 12.7 Å². The molecule has 2 aromatic heterocycles. The normalized spacial score (nSPS) is 18.7. The van der Waals surface area contributed by atoms with E-state index in [1.54, 1.807) is 12.7 Å². The quantitative estimate of drug-likeness (QED) is 0.388. The van der Waals surface area contributed by atoms with E-state index >= 15 is 0 Å². The average Bonchev–Trinajstić information content (AvgIpc) is 3.53. The topological polar surface area (TPSA) is 66.8 Å². The number of aryl methyl sites for hydroxylation is 1. The summed E-state index contributed by atoms with van der Waals surface area (Å²) < 4.78 is 1.94. The first-order chi connectivity index (χ1) is 16.2. The number of fused-ring (bicyclic) bond motifs is 1. The Bertz CT molecular complexity index is 1190. The molecule has 1 N–H and O–H groups in total. The Morgan fingerprint density at radius 2 is 1.82 bits per heavy atom. The molecule has 0 aliphatic heterocycles. The fourth-order valence-corrected chi connectivity index (χ4v) is 5.17. The first-order valence-electron chi connectivity index (χ1n) is 11.9. The number of aromatic nitrogens is 4. The molecule has 0 radical (unpaired) electrons. The molecule has 5 rings (SSSR count). The summed E-state index contributed by atoms with van der Waals surface area (Å²) in [5.41, 5.74) is 4.45. The summed E-state index contributed by atoms with van der Waals surface area (Å²) in [6.07, 6.45) is 12.8. The molecule has 2 heterocycles. The van der Waals surface area contributed by atoms with Crippen molar-refractivity contribution in [2.45, 2.75) is 44.6 Å². The number of carbonyl (C=O) groups excluding carboxylic acids is 1. The molecule has 0 saturated heterocycles. The van der Waals surface area contributed by atoms with Crippen molar-refractivity contribution in [3.05, 3.63) is 78.5 Å². The molecule has 1 fully saturated rings. The summed E-state index contributed by atoms with van der Waals surface area (Å²) in [5.74, 6) is 0.968. The lowest BCUT2D eigenvalue weighted by molar-refractivity contribution is 0.0884. The number of likely N-dealkylation sites (N-methyl/N-ethyl adjacent to an activating group) is 1. The van der Waals surface area contributed by atoms with E-state index in [1.807, 2.05) is 34.9 Å². The monoisotopic (exact) mass is 441 g/mol. The van der Waals surface area contributed by atoms with Gasteiger partial charge in [-0.15, -0.1) is 10.2 Å². The van der Waals surface area contributed by atoms with E-state index in [0.29, 0.717) is 12.6 Å². The lowest BCUT2D eigenvalue weighted by Crippen LogP contribution is -2.38. The molecular formula is C27H31N5O. The maximum absolute atomic E-state index is 12.5. The van der Waals surface area contributed by atoms with Crippen LogP contribution in [0, 0.1) is 5.92 Å². The molecule has 0 spiro atoms. The van der Waals surface area contributed by atoms with Crippen molar-refractivity contribution in [2.24, 2.45) is 5.92 Å². The third-order valence-corrected chi connectivity index (χ3v) is 7.22. The zero-order chi connectivity index (χ0) is 22.6. The molecule has 0 amide bonds. The highest BCUT2D eigenvalue weighted by Gasteiger charge is 2.25. The lowest BCUT2D eigenvalue weighted by atomic mass is 9.82. The molecule has 1 aliphatic carbocycles. The van der Waals surface area contributed by atoms with Gasteiger partial charge >= 0.3 is 0 Å². The minimum atomic E-state index is 0.213. The first-order valence-corrected chi connectivity index (χ1v) is 11.9. The Kier molecular flexibility index (Phi) is 6.35. The Hall–Kier alpha value is -3.25. The van der Waals surface area contributed by atoms with Gasteiger partial charge in [-0.1, -0.05) is 30.3 Å². The summed E-state index contributed by atoms with van der Waals surface area (Å²) in [6, 6.07) is 16.6. The molecule has 170 valence electrons. The highest BCUT2D eigenvalue weighted by Crippen LogP contribution is 2.31. The summed E-state index contributed by atoms with van der Waals surface area (Å²) >= 11 is 0. The number of aromatic amines is 1. The van der Waals surface area contributed by atoms with Crippen molar-refractivity contribution >= 4 is 16.7 Å².